The van der Waals surface area contributed by atoms with Crippen LogP contribution in [0.4, 0.5) is 13.2 Å². The van der Waals surface area contributed by atoms with E-state index >= 15 is 0 Å². The predicted molar refractivity (Wildman–Crippen MR) is 85.8 cm³/mol. The molecule has 6 nitrogen and oxygen atoms in total. The molecule has 0 bridgehead atoms. The fourth-order valence-corrected chi connectivity index (χ4v) is 1.89. The summed E-state index contributed by atoms with van der Waals surface area (Å²) in [5.74, 6) is -0.358. The summed E-state index contributed by atoms with van der Waals surface area (Å²) in [5, 5.41) is 0. The molecular formula is C17H15F3N2O4. The topological polar surface area (TPSA) is 70.5 Å². The Bertz CT molecular complexity index is 807. The van der Waals surface area contributed by atoms with Gasteiger partial charge in [0.05, 0.1) is 13.7 Å². The minimum absolute atomic E-state index is 0.160. The number of alkyl halides is 3. The van der Waals surface area contributed by atoms with E-state index in [-0.39, 0.29) is 24.0 Å². The van der Waals surface area contributed by atoms with Gasteiger partial charge in [-0.05, 0) is 30.7 Å². The number of benzene rings is 1. The molecule has 0 amide bonds. The molecule has 0 saturated carbocycles. The van der Waals surface area contributed by atoms with Crippen LogP contribution in [0.15, 0.2) is 36.7 Å². The molecule has 2 aromatic rings. The molecule has 0 saturated heterocycles. The molecule has 0 atom stereocenters. The Kier molecular flexibility index (Phi) is 6.16. The van der Waals surface area contributed by atoms with Crippen LogP contribution in [0, 0.1) is 0 Å². The molecule has 0 fully saturated rings. The summed E-state index contributed by atoms with van der Waals surface area (Å²) in [5.41, 5.74) is -0.503. The molecule has 0 N–H and O–H groups in total. The second-order valence-electron chi connectivity index (χ2n) is 4.84. The van der Waals surface area contributed by atoms with Gasteiger partial charge in [0.2, 0.25) is 5.88 Å². The number of hydrogen-bond acceptors (Lipinski definition) is 6. The lowest BCUT2D eigenvalue weighted by Crippen LogP contribution is -2.08. The summed E-state index contributed by atoms with van der Waals surface area (Å²) in [4.78, 5) is 18.1. The van der Waals surface area contributed by atoms with Gasteiger partial charge in [-0.15, -0.1) is 0 Å². The number of esters is 1. The first-order valence-electron chi connectivity index (χ1n) is 7.43. The van der Waals surface area contributed by atoms with Crippen molar-refractivity contribution in [2.45, 2.75) is 13.1 Å². The highest BCUT2D eigenvalue weighted by atomic mass is 19.4. The summed E-state index contributed by atoms with van der Waals surface area (Å²) in [6.07, 6.45) is -1.08. The molecule has 0 unspecified atom stereocenters. The van der Waals surface area contributed by atoms with E-state index in [1.54, 1.807) is 19.1 Å². The molecule has 9 heteroatoms. The average Bonchev–Trinajstić information content (AvgIpc) is 2.60. The molecule has 0 radical (unpaired) electrons. The molecule has 138 valence electrons. The van der Waals surface area contributed by atoms with E-state index in [4.69, 9.17) is 14.2 Å². The highest BCUT2D eigenvalue weighted by Crippen LogP contribution is 2.34. The van der Waals surface area contributed by atoms with Crippen molar-refractivity contribution < 1.29 is 32.2 Å². The molecule has 1 aromatic heterocycles. The third-order valence-corrected chi connectivity index (χ3v) is 3.03. The number of carbonyl (C=O) groups is 1. The number of nitrogens with zero attached hydrogens (tertiary/aromatic N) is 2. The first-order chi connectivity index (χ1) is 12.3. The summed E-state index contributed by atoms with van der Waals surface area (Å²) < 4.78 is 53.4. The molecule has 1 heterocycles. The van der Waals surface area contributed by atoms with Crippen LogP contribution in [0.3, 0.4) is 0 Å². The number of ether oxygens (including phenoxy) is 3. The SMILES string of the molecule is CCOC(=O)C=Cc1ccc(Oc2cc(C(F)(F)F)ncn2)c(OC)c1. The van der Waals surface area contributed by atoms with E-state index in [9.17, 15) is 18.0 Å². The highest BCUT2D eigenvalue weighted by molar-refractivity contribution is 5.87. The minimum Gasteiger partial charge on any atom is -0.493 e. The Morgan fingerprint density at radius 3 is 2.62 bits per heavy atom. The molecule has 1 aromatic carbocycles. The molecule has 0 aliphatic heterocycles. The number of halogens is 3. The Balaban J connectivity index is 2.21. The van der Waals surface area contributed by atoms with Crippen LogP contribution >= 0.6 is 0 Å². The normalized spacial score (nSPS) is 11.4. The van der Waals surface area contributed by atoms with Crippen LogP contribution in [0.25, 0.3) is 6.08 Å². The fourth-order valence-electron chi connectivity index (χ4n) is 1.89. The number of hydrogen-bond donors (Lipinski definition) is 0. The number of carbonyl (C=O) groups excluding carboxylic acids is 1. The quantitative estimate of drug-likeness (QED) is 0.569. The maximum absolute atomic E-state index is 12.7. The zero-order valence-corrected chi connectivity index (χ0v) is 13.9. The molecule has 26 heavy (non-hydrogen) atoms. The van der Waals surface area contributed by atoms with E-state index < -0.39 is 17.8 Å². The molecular weight excluding hydrogens is 353 g/mol. The van der Waals surface area contributed by atoms with E-state index in [0.29, 0.717) is 11.6 Å². The number of methoxy groups -OCH3 is 1. The maximum atomic E-state index is 12.7. The Morgan fingerprint density at radius 1 is 1.19 bits per heavy atom. The average molecular weight is 368 g/mol. The first-order valence-corrected chi connectivity index (χ1v) is 7.43. The first kappa shape index (κ1) is 19.2. The summed E-state index contributed by atoms with van der Waals surface area (Å²) in [7, 11) is 1.38. The van der Waals surface area contributed by atoms with Crippen LogP contribution in [-0.2, 0) is 15.7 Å². The Hall–Kier alpha value is -3.10. The van der Waals surface area contributed by atoms with Crippen molar-refractivity contribution in [1.29, 1.82) is 0 Å². The maximum Gasteiger partial charge on any atom is 0.433 e. The van der Waals surface area contributed by atoms with E-state index in [0.717, 1.165) is 6.33 Å². The highest BCUT2D eigenvalue weighted by Gasteiger charge is 2.33. The Labute approximate surface area is 147 Å². The minimum atomic E-state index is -4.60. The van der Waals surface area contributed by atoms with Crippen LogP contribution in [-0.4, -0.2) is 29.7 Å². The summed E-state index contributed by atoms with van der Waals surface area (Å²) in [6.45, 7) is 1.95. The second kappa shape index (κ2) is 8.32. The summed E-state index contributed by atoms with van der Waals surface area (Å²) in [6, 6.07) is 5.32. The standard InChI is InChI=1S/C17H15F3N2O4/c1-3-25-16(23)7-5-11-4-6-12(13(8-11)24-2)26-15-9-14(17(18,19)20)21-10-22-15/h4-10H,3H2,1-2H3. The lowest BCUT2D eigenvalue weighted by atomic mass is 10.2. The van der Waals surface area contributed by atoms with Crippen LogP contribution in [0.2, 0.25) is 0 Å². The van der Waals surface area contributed by atoms with Gasteiger partial charge >= 0.3 is 12.1 Å². The lowest BCUT2D eigenvalue weighted by Gasteiger charge is -2.11. The van der Waals surface area contributed by atoms with Crippen LogP contribution in [0.1, 0.15) is 18.2 Å². The van der Waals surface area contributed by atoms with Gasteiger partial charge in [-0.2, -0.15) is 13.2 Å². The number of aromatic nitrogens is 2. The van der Waals surface area contributed by atoms with Crippen LogP contribution in [0.5, 0.6) is 17.4 Å². The smallest absolute Gasteiger partial charge is 0.433 e. The van der Waals surface area contributed by atoms with Gasteiger partial charge in [0, 0.05) is 12.1 Å². The summed E-state index contributed by atoms with van der Waals surface area (Å²) >= 11 is 0. The van der Waals surface area contributed by atoms with Gasteiger partial charge in [-0.3, -0.25) is 0 Å². The Morgan fingerprint density at radius 2 is 1.96 bits per heavy atom. The van der Waals surface area contributed by atoms with Gasteiger partial charge in [0.25, 0.3) is 0 Å². The third-order valence-electron chi connectivity index (χ3n) is 3.03. The van der Waals surface area contributed by atoms with Gasteiger partial charge in [-0.1, -0.05) is 6.07 Å². The molecule has 0 aliphatic rings. The second-order valence-corrected chi connectivity index (χ2v) is 4.84. The van der Waals surface area contributed by atoms with E-state index in [1.165, 1.54) is 25.3 Å². The zero-order valence-electron chi connectivity index (χ0n) is 13.9. The van der Waals surface area contributed by atoms with Crippen molar-refractivity contribution in [3.05, 3.63) is 47.9 Å². The van der Waals surface area contributed by atoms with Gasteiger partial charge in [0.15, 0.2) is 17.2 Å². The van der Waals surface area contributed by atoms with Gasteiger partial charge < -0.3 is 14.2 Å². The van der Waals surface area contributed by atoms with Crippen LogP contribution < -0.4 is 9.47 Å². The van der Waals surface area contributed by atoms with E-state index in [2.05, 4.69) is 9.97 Å². The third kappa shape index (κ3) is 5.20. The monoisotopic (exact) mass is 368 g/mol. The van der Waals surface area contributed by atoms with Crippen molar-refractivity contribution in [2.24, 2.45) is 0 Å². The van der Waals surface area contributed by atoms with Gasteiger partial charge in [0.1, 0.15) is 6.33 Å². The van der Waals surface area contributed by atoms with Crippen molar-refractivity contribution in [3.8, 4) is 17.4 Å². The van der Waals surface area contributed by atoms with Crippen molar-refractivity contribution in [1.82, 2.24) is 9.97 Å². The van der Waals surface area contributed by atoms with Crippen molar-refractivity contribution in [3.63, 3.8) is 0 Å². The largest absolute Gasteiger partial charge is 0.493 e. The fraction of sp³-hybridized carbons (Fsp3) is 0.235. The lowest BCUT2D eigenvalue weighted by molar-refractivity contribution is -0.141. The molecule has 0 spiro atoms. The number of rotatable bonds is 6. The molecule has 0 aliphatic carbocycles. The van der Waals surface area contributed by atoms with E-state index in [1.807, 2.05) is 0 Å². The predicted octanol–water partition coefficient (Wildman–Crippen LogP) is 3.87. The molecule has 2 rings (SSSR count). The van der Waals surface area contributed by atoms with Crippen molar-refractivity contribution in [2.75, 3.05) is 13.7 Å². The van der Waals surface area contributed by atoms with Crippen molar-refractivity contribution >= 4 is 12.0 Å². The van der Waals surface area contributed by atoms with Gasteiger partial charge in [-0.25, -0.2) is 14.8 Å². The zero-order chi connectivity index (χ0) is 19.2.